The van der Waals surface area contributed by atoms with Gasteiger partial charge < -0.3 is 0 Å². The fourth-order valence-electron chi connectivity index (χ4n) is 17.7. The molecule has 0 unspecified atom stereocenters. The van der Waals surface area contributed by atoms with Gasteiger partial charge in [0.05, 0.1) is 0 Å². The van der Waals surface area contributed by atoms with Gasteiger partial charge in [-0.05, 0) is 192 Å². The predicted molar refractivity (Wildman–Crippen MR) is 259 cm³/mol. The summed E-state index contributed by atoms with van der Waals surface area (Å²) in [6.07, 6.45) is 34.8. The summed E-state index contributed by atoms with van der Waals surface area (Å²) in [6, 6.07) is 0. The number of halogens is 5. The summed E-state index contributed by atoms with van der Waals surface area (Å²) in [4.78, 5) is 0. The van der Waals surface area contributed by atoms with E-state index >= 15 is 0 Å². The molecule has 65 heavy (non-hydrogen) atoms. The molecule has 4 nitrogen and oxygen atoms in total. The van der Waals surface area contributed by atoms with E-state index in [-0.39, 0.29) is 4.70 Å². The molecule has 0 amide bonds. The van der Waals surface area contributed by atoms with Crippen molar-refractivity contribution in [2.75, 3.05) is 14.1 Å². The van der Waals surface area contributed by atoms with Crippen molar-refractivity contribution < 1.29 is 42.9 Å². The third kappa shape index (κ3) is 11.1. The highest BCUT2D eigenvalue weighted by Gasteiger charge is 2.61. The molecule has 0 aromatic rings. The van der Waals surface area contributed by atoms with E-state index in [0.29, 0.717) is 21.7 Å². The maximum absolute atomic E-state index is 9.97. The van der Waals surface area contributed by atoms with E-state index in [9.17, 15) is 10.4 Å². The molecule has 0 spiro atoms. The van der Waals surface area contributed by atoms with Crippen LogP contribution in [0.4, 0.5) is 23.0 Å². The van der Waals surface area contributed by atoms with Crippen molar-refractivity contribution in [3.63, 3.8) is 0 Å². The van der Waals surface area contributed by atoms with E-state index in [0.717, 1.165) is 95.3 Å². The van der Waals surface area contributed by atoms with Crippen LogP contribution in [0.2, 0.25) is 0 Å². The smallest absolute Gasteiger partial charge is 0.226 e. The molecule has 0 heterocycles. The van der Waals surface area contributed by atoms with Gasteiger partial charge in [0.2, 0.25) is 11.4 Å². The number of hydrogen-bond donors (Lipinski definition) is 2. The fraction of sp³-hybridized carbons (Fsp3) is 0.893. The van der Waals surface area contributed by atoms with Crippen LogP contribution in [0.5, 0.6) is 0 Å². The quantitative estimate of drug-likeness (QED) is 0.0992. The van der Waals surface area contributed by atoms with Gasteiger partial charge in [0.15, 0.2) is 14.1 Å². The molecule has 8 aliphatic rings. The zero-order chi connectivity index (χ0) is 47.4. The number of hydroxylamine groups is 2. The van der Waals surface area contributed by atoms with Crippen molar-refractivity contribution in [2.45, 2.75) is 210 Å². The Labute approximate surface area is 393 Å². The maximum Gasteiger partial charge on any atom is 0.226 e. The van der Waals surface area contributed by atoms with Gasteiger partial charge in [-0.25, -0.2) is 0 Å². The Bertz CT molecular complexity index is 1550. The molecular weight excluding hydrogens is 828 g/mol. The van der Waals surface area contributed by atoms with Gasteiger partial charge in [-0.3, -0.25) is 15.1 Å². The first-order valence-electron chi connectivity index (χ1n) is 26.6. The molecule has 0 aromatic carbocycles. The molecule has 6 saturated carbocycles. The predicted octanol–water partition coefficient (Wildman–Crippen LogP) is 16.8. The maximum atomic E-state index is 9.97. The molecule has 2 N–H and O–H groups in total. The zero-order valence-corrected chi connectivity index (χ0v) is 43.3. The van der Waals surface area contributed by atoms with Gasteiger partial charge in [-0.15, -0.1) is 0 Å². The Balaban J connectivity index is 0.000000261. The van der Waals surface area contributed by atoms with Gasteiger partial charge in [0.1, 0.15) is 0 Å². The monoisotopic (exact) mass is 925 g/mol. The lowest BCUT2D eigenvalue weighted by atomic mass is 9.46. The van der Waals surface area contributed by atoms with Gasteiger partial charge in [0.25, 0.3) is 0 Å². The largest absolute Gasteiger partial charge is 0.291 e. The number of hydrogen-bond acceptors (Lipinski definition) is 2. The molecule has 14 atom stereocenters. The van der Waals surface area contributed by atoms with Crippen LogP contribution < -0.4 is 0 Å². The summed E-state index contributed by atoms with van der Waals surface area (Å²) < 4.78 is 34.7. The second-order valence-electron chi connectivity index (χ2n) is 25.1. The molecule has 0 aliphatic heterocycles. The normalized spacial score (nSPS) is 40.3. The highest BCUT2D eigenvalue weighted by molar-refractivity contribution is 5.93. The van der Waals surface area contributed by atoms with Crippen LogP contribution in [-0.4, -0.2) is 45.4 Å². The topological polar surface area (TPSA) is 46.5 Å². The van der Waals surface area contributed by atoms with E-state index in [2.05, 4.69) is 81.4 Å². The van der Waals surface area contributed by atoms with Gasteiger partial charge in [-0.2, -0.15) is 0 Å². The van der Waals surface area contributed by atoms with Crippen LogP contribution in [0.15, 0.2) is 23.3 Å². The van der Waals surface area contributed by atoms with Crippen LogP contribution in [0, 0.1) is 92.7 Å². The van der Waals surface area contributed by atoms with E-state index in [4.69, 9.17) is 18.3 Å². The molecule has 0 radical (unpaired) electrons. The summed E-state index contributed by atoms with van der Waals surface area (Å²) in [6.45, 7) is 25.2. The Morgan fingerprint density at radius 2 is 0.862 bits per heavy atom. The number of rotatable bonds is 10. The average molecular weight is 925 g/mol. The first kappa shape index (κ1) is 55.7. The SMILES string of the molecule is CC(C)CCC[C@@H](C)[C@H]1CC[C@H]2[C@@H]3CCC4=C/C(=[N+](/C)O)CC[C@]4(C)[C@H]3CC[C@]12C.CC(C)CCC[C@@H](C)[C@H]1CC[C@H]2[C@@H]3CCC4=C/C(=[N+](\C)O)CC[C@]4(C)[C@H]3CC[C@]12C.F.FF.FF. The minimum atomic E-state index is 0. The zero-order valence-electron chi connectivity index (χ0n) is 43.3. The summed E-state index contributed by atoms with van der Waals surface area (Å²) in [5, 5.41) is 19.9. The first-order chi connectivity index (χ1) is 30.3. The minimum Gasteiger partial charge on any atom is -0.291 e. The standard InChI is InChI=1S/2C28H48NO.2F2.FH/c2*1-19(2)8-7-9-20(3)24-12-13-25-23-11-10-21-18-22(29(6)30)14-16-27(21,4)26(23)15-17-28(24,25)5;2*1-2;/h2*18-20,23-26,30H,7-17H2,1-6H3;;;1H/q2*+1;;;/b29-22+;29-22-;;;/t2*20-,23+,24-,25+,26+,27+,28-;;;/m11.../s1. The summed E-state index contributed by atoms with van der Waals surface area (Å²) in [5.74, 6) is 10.9. The van der Waals surface area contributed by atoms with Crippen molar-refractivity contribution in [1.82, 2.24) is 0 Å². The second-order valence-corrected chi connectivity index (χ2v) is 25.1. The molecule has 8 rings (SSSR count). The molecule has 9 heteroatoms. The molecule has 0 aromatic heterocycles. The van der Waals surface area contributed by atoms with Crippen molar-refractivity contribution in [3.05, 3.63) is 23.3 Å². The van der Waals surface area contributed by atoms with Crippen LogP contribution in [0.25, 0.3) is 0 Å². The Morgan fingerprint density at radius 1 is 0.508 bits per heavy atom. The highest BCUT2D eigenvalue weighted by atomic mass is 20.0. The Morgan fingerprint density at radius 3 is 1.18 bits per heavy atom. The Hall–Kier alpha value is -1.93. The summed E-state index contributed by atoms with van der Waals surface area (Å²) in [7, 11) is 3.57. The van der Waals surface area contributed by atoms with Crippen molar-refractivity contribution >= 4 is 11.4 Å². The third-order valence-corrected chi connectivity index (χ3v) is 21.2. The number of allylic oxidation sites excluding steroid dienone is 4. The van der Waals surface area contributed by atoms with Gasteiger partial charge in [-0.1, -0.05) is 119 Å². The molecule has 6 fully saturated rings. The fourth-order valence-corrected chi connectivity index (χ4v) is 17.7. The van der Waals surface area contributed by atoms with E-state index in [1.165, 1.54) is 138 Å². The summed E-state index contributed by atoms with van der Waals surface area (Å²) in [5.41, 5.74) is 7.48. The van der Waals surface area contributed by atoms with E-state index in [1.807, 2.05) is 0 Å². The molecule has 0 bridgehead atoms. The van der Waals surface area contributed by atoms with Crippen molar-refractivity contribution in [3.8, 4) is 0 Å². The molecule has 376 valence electrons. The number of nitrogens with zero attached hydrogens (tertiary/aromatic N) is 2. The van der Waals surface area contributed by atoms with Crippen LogP contribution >= 0.6 is 0 Å². The van der Waals surface area contributed by atoms with E-state index < -0.39 is 0 Å². The van der Waals surface area contributed by atoms with Crippen LogP contribution in [-0.2, 0) is 0 Å². The number of fused-ring (bicyclic) bond motifs is 10. The van der Waals surface area contributed by atoms with Crippen LogP contribution in [0.3, 0.4) is 0 Å². The minimum absolute atomic E-state index is 0. The molecule has 8 aliphatic carbocycles. The van der Waals surface area contributed by atoms with E-state index in [1.54, 1.807) is 25.2 Å². The van der Waals surface area contributed by atoms with Gasteiger partial charge in [0, 0.05) is 43.3 Å². The molecule has 0 saturated heterocycles. The van der Waals surface area contributed by atoms with Crippen molar-refractivity contribution in [2.24, 2.45) is 92.7 Å². The molecular formula is C56H97F5N2O2+2. The lowest BCUT2D eigenvalue weighted by molar-refractivity contribution is -0.754. The van der Waals surface area contributed by atoms with Gasteiger partial charge >= 0.3 is 0 Å². The first-order valence-corrected chi connectivity index (χ1v) is 26.6. The highest BCUT2D eigenvalue weighted by Crippen LogP contribution is 2.69. The average Bonchev–Trinajstić information content (AvgIpc) is 3.81. The summed E-state index contributed by atoms with van der Waals surface area (Å²) >= 11 is 0. The Kier molecular flexibility index (Phi) is 19.8. The van der Waals surface area contributed by atoms with Crippen LogP contribution in [0.1, 0.15) is 210 Å². The lowest BCUT2D eigenvalue weighted by Gasteiger charge is -2.58. The third-order valence-electron chi connectivity index (χ3n) is 21.2. The van der Waals surface area contributed by atoms with Crippen molar-refractivity contribution in [1.29, 1.82) is 0 Å². The second kappa shape index (κ2) is 23.1. The lowest BCUT2D eigenvalue weighted by Crippen LogP contribution is -2.51.